The van der Waals surface area contributed by atoms with Gasteiger partial charge in [0.15, 0.2) is 0 Å². The molecule has 0 spiro atoms. The molecule has 1 fully saturated rings. The van der Waals surface area contributed by atoms with Crippen LogP contribution in [0.2, 0.25) is 5.02 Å². The van der Waals surface area contributed by atoms with Gasteiger partial charge in [-0.25, -0.2) is 0 Å². The summed E-state index contributed by atoms with van der Waals surface area (Å²) in [5.41, 5.74) is 2.06. The zero-order valence-electron chi connectivity index (χ0n) is 14.0. The molecule has 0 aromatic heterocycles. The van der Waals surface area contributed by atoms with Crippen LogP contribution < -0.4 is 0 Å². The minimum Gasteiger partial charge on any atom is -0.469 e. The maximum Gasteiger partial charge on any atom is 0.309 e. The van der Waals surface area contributed by atoms with Crippen molar-refractivity contribution in [3.63, 3.8) is 0 Å². The number of rotatable bonds is 3. The van der Waals surface area contributed by atoms with Crippen molar-refractivity contribution in [2.24, 2.45) is 17.8 Å². The van der Waals surface area contributed by atoms with Gasteiger partial charge in [0, 0.05) is 18.1 Å². The minimum absolute atomic E-state index is 0.0543. The van der Waals surface area contributed by atoms with E-state index in [9.17, 15) is 9.59 Å². The first kappa shape index (κ1) is 17.0. The second-order valence-electron chi connectivity index (χ2n) is 6.62. The number of allylic oxidation sites excluding steroid dienone is 2. The number of piperidine rings is 1. The zero-order valence-corrected chi connectivity index (χ0v) is 14.8. The third-order valence-corrected chi connectivity index (χ3v) is 5.52. The van der Waals surface area contributed by atoms with Crippen molar-refractivity contribution in [3.05, 3.63) is 46.5 Å². The van der Waals surface area contributed by atoms with E-state index in [2.05, 4.69) is 6.08 Å². The second-order valence-corrected chi connectivity index (χ2v) is 7.02. The maximum atomic E-state index is 13.0. The lowest BCUT2D eigenvalue weighted by atomic mass is 9.71. The molecular formula is C19H22ClNO3. The molecule has 1 saturated heterocycles. The highest BCUT2D eigenvalue weighted by Crippen LogP contribution is 2.38. The third-order valence-electron chi connectivity index (χ3n) is 5.10. The number of likely N-dealkylation sites (tertiary alicyclic amines) is 1. The Morgan fingerprint density at radius 1 is 1.42 bits per heavy atom. The van der Waals surface area contributed by atoms with Gasteiger partial charge in [0.05, 0.1) is 18.9 Å². The van der Waals surface area contributed by atoms with Gasteiger partial charge in [-0.15, -0.1) is 0 Å². The van der Waals surface area contributed by atoms with Gasteiger partial charge < -0.3 is 9.64 Å². The fourth-order valence-corrected chi connectivity index (χ4v) is 3.92. The minimum atomic E-state index is -0.368. The Hall–Kier alpha value is -1.81. The van der Waals surface area contributed by atoms with Gasteiger partial charge in [0.2, 0.25) is 5.91 Å². The lowest BCUT2D eigenvalue weighted by Crippen LogP contribution is -2.50. The monoisotopic (exact) mass is 347 g/mol. The molecular weight excluding hydrogens is 326 g/mol. The molecule has 1 aliphatic heterocycles. The number of benzene rings is 1. The highest BCUT2D eigenvalue weighted by molar-refractivity contribution is 6.31. The van der Waals surface area contributed by atoms with Gasteiger partial charge in [0.1, 0.15) is 0 Å². The normalized spacial score (nSPS) is 26.2. The number of carbonyl (C=O) groups is 2. The lowest BCUT2D eigenvalue weighted by molar-refractivity contribution is -0.157. The average Bonchev–Trinajstić information content (AvgIpc) is 2.59. The summed E-state index contributed by atoms with van der Waals surface area (Å²) in [4.78, 5) is 26.9. The molecule has 2 aliphatic rings. The van der Waals surface area contributed by atoms with Crippen molar-refractivity contribution in [3.8, 4) is 0 Å². The van der Waals surface area contributed by atoms with Crippen LogP contribution in [0, 0.1) is 24.7 Å². The number of ether oxygens (including phenoxy) is 1. The molecule has 4 nitrogen and oxygen atoms in total. The van der Waals surface area contributed by atoms with Crippen molar-refractivity contribution in [2.75, 3.05) is 13.7 Å². The first-order chi connectivity index (χ1) is 11.5. The largest absolute Gasteiger partial charge is 0.469 e. The summed E-state index contributed by atoms with van der Waals surface area (Å²) in [6.07, 6.45) is 5.56. The number of halogens is 1. The van der Waals surface area contributed by atoms with E-state index in [0.717, 1.165) is 22.6 Å². The summed E-state index contributed by atoms with van der Waals surface area (Å²) < 4.78 is 4.91. The summed E-state index contributed by atoms with van der Waals surface area (Å²) in [6.45, 7) is 3.22. The smallest absolute Gasteiger partial charge is 0.309 e. The van der Waals surface area contributed by atoms with Crippen LogP contribution in [0.25, 0.3) is 0 Å². The number of aryl methyl sites for hydroxylation is 1. The summed E-state index contributed by atoms with van der Waals surface area (Å²) in [6, 6.07) is 5.83. The topological polar surface area (TPSA) is 46.6 Å². The lowest BCUT2D eigenvalue weighted by Gasteiger charge is -2.41. The average molecular weight is 348 g/mol. The Balaban J connectivity index is 1.79. The molecule has 0 unspecified atom stereocenters. The maximum absolute atomic E-state index is 13.0. The molecule has 1 heterocycles. The highest BCUT2D eigenvalue weighted by atomic mass is 35.5. The number of carbonyl (C=O) groups excluding carboxylic acids is 2. The molecule has 128 valence electrons. The Kier molecular flexibility index (Phi) is 4.95. The molecule has 24 heavy (non-hydrogen) atoms. The molecule has 0 bridgehead atoms. The van der Waals surface area contributed by atoms with Crippen LogP contribution in [0.1, 0.15) is 24.0 Å². The number of esters is 1. The predicted octanol–water partition coefficient (Wildman–Crippen LogP) is 3.36. The second kappa shape index (κ2) is 6.98. The van der Waals surface area contributed by atoms with E-state index in [1.807, 2.05) is 36.1 Å². The van der Waals surface area contributed by atoms with Crippen molar-refractivity contribution >= 4 is 23.5 Å². The van der Waals surface area contributed by atoms with E-state index in [4.69, 9.17) is 16.3 Å². The first-order valence-corrected chi connectivity index (χ1v) is 8.67. The van der Waals surface area contributed by atoms with Crippen LogP contribution in [0.5, 0.6) is 0 Å². The summed E-state index contributed by atoms with van der Waals surface area (Å²) >= 11 is 6.07. The SMILES string of the molecule is COC(=O)[C@@H]1CC=C[C@@H]2CCN(Cc3ccc(Cl)c(C)c3)C(=O)[C@@H]21. The molecule has 3 rings (SSSR count). The number of nitrogens with zero attached hydrogens (tertiary/aromatic N) is 1. The number of hydrogen-bond acceptors (Lipinski definition) is 3. The summed E-state index contributed by atoms with van der Waals surface area (Å²) in [7, 11) is 1.39. The summed E-state index contributed by atoms with van der Waals surface area (Å²) in [5, 5.41) is 0.729. The van der Waals surface area contributed by atoms with Crippen molar-refractivity contribution in [2.45, 2.75) is 26.3 Å². The first-order valence-electron chi connectivity index (χ1n) is 8.29. The Labute approximate surface area is 147 Å². The van der Waals surface area contributed by atoms with Gasteiger partial charge in [-0.3, -0.25) is 9.59 Å². The van der Waals surface area contributed by atoms with E-state index in [1.165, 1.54) is 7.11 Å². The molecule has 0 saturated carbocycles. The third kappa shape index (κ3) is 3.20. The Morgan fingerprint density at radius 2 is 2.21 bits per heavy atom. The Morgan fingerprint density at radius 3 is 2.92 bits per heavy atom. The van der Waals surface area contributed by atoms with Crippen LogP contribution in [0.15, 0.2) is 30.4 Å². The number of hydrogen-bond donors (Lipinski definition) is 0. The van der Waals surface area contributed by atoms with Crippen LogP contribution in [-0.2, 0) is 20.9 Å². The fraction of sp³-hybridized carbons (Fsp3) is 0.474. The van der Waals surface area contributed by atoms with Gasteiger partial charge in [-0.05, 0) is 42.9 Å². The van der Waals surface area contributed by atoms with E-state index in [1.54, 1.807) is 0 Å². The summed E-state index contributed by atoms with van der Waals surface area (Å²) in [5.74, 6) is -0.763. The molecule has 1 aromatic rings. The molecule has 1 amide bonds. The molecule has 0 radical (unpaired) electrons. The van der Waals surface area contributed by atoms with E-state index >= 15 is 0 Å². The zero-order chi connectivity index (χ0) is 17.3. The van der Waals surface area contributed by atoms with Gasteiger partial charge in [-0.1, -0.05) is 35.9 Å². The van der Waals surface area contributed by atoms with E-state index in [0.29, 0.717) is 19.5 Å². The van der Waals surface area contributed by atoms with Crippen LogP contribution >= 0.6 is 11.6 Å². The molecule has 1 aromatic carbocycles. The van der Waals surface area contributed by atoms with Crippen LogP contribution in [-0.4, -0.2) is 30.4 Å². The van der Waals surface area contributed by atoms with Crippen LogP contribution in [0.4, 0.5) is 0 Å². The van der Waals surface area contributed by atoms with Crippen LogP contribution in [0.3, 0.4) is 0 Å². The number of amides is 1. The van der Waals surface area contributed by atoms with Gasteiger partial charge in [0.25, 0.3) is 0 Å². The quantitative estimate of drug-likeness (QED) is 0.622. The van der Waals surface area contributed by atoms with E-state index in [-0.39, 0.29) is 29.6 Å². The fourth-order valence-electron chi connectivity index (χ4n) is 3.80. The van der Waals surface area contributed by atoms with Crippen molar-refractivity contribution < 1.29 is 14.3 Å². The Bertz CT molecular complexity index is 685. The van der Waals surface area contributed by atoms with Crippen molar-refractivity contribution in [1.82, 2.24) is 4.90 Å². The number of fused-ring (bicyclic) bond motifs is 1. The van der Waals surface area contributed by atoms with E-state index < -0.39 is 0 Å². The molecule has 3 atom stereocenters. The molecule has 5 heteroatoms. The molecule has 0 N–H and O–H groups in total. The predicted molar refractivity (Wildman–Crippen MR) is 92.5 cm³/mol. The number of methoxy groups -OCH3 is 1. The van der Waals surface area contributed by atoms with Gasteiger partial charge >= 0.3 is 5.97 Å². The van der Waals surface area contributed by atoms with Crippen molar-refractivity contribution in [1.29, 1.82) is 0 Å². The molecule has 1 aliphatic carbocycles. The van der Waals surface area contributed by atoms with Gasteiger partial charge in [-0.2, -0.15) is 0 Å². The highest BCUT2D eigenvalue weighted by Gasteiger charge is 2.44. The standard InChI is InChI=1S/C19H22ClNO3/c1-12-10-13(6-7-16(12)20)11-21-9-8-14-4-3-5-15(19(23)24-2)17(14)18(21)22/h3-4,6-7,10,14-15,17H,5,8-9,11H2,1-2H3/t14-,15-,17+/m1/s1.